The number of nitrogens with zero attached hydrogens (tertiary/aromatic N) is 6. The Kier molecular flexibility index (Phi) is 22.4. The van der Waals surface area contributed by atoms with Crippen LogP contribution in [0.25, 0.3) is 0 Å². The average Bonchev–Trinajstić information content (AvgIpc) is 1.99. The molecule has 0 unspecified atom stereocenters. The van der Waals surface area contributed by atoms with E-state index in [4.69, 9.17) is 14.6 Å². The first-order chi connectivity index (χ1) is 41.7. The van der Waals surface area contributed by atoms with Gasteiger partial charge in [-0.1, -0.05) is 92.9 Å². The Bertz CT molecular complexity index is 2900. The molecule has 4 saturated carbocycles. The topological polar surface area (TPSA) is 325 Å². The largest absolute Gasteiger partial charge is 0.476 e. The maximum absolute atomic E-state index is 14.4. The Morgan fingerprint density at radius 1 is 0.472 bits per heavy atom. The summed E-state index contributed by atoms with van der Waals surface area (Å²) in [5.41, 5.74) is -3.32. The van der Waals surface area contributed by atoms with Crippen LogP contribution in [0.2, 0.25) is 0 Å². The minimum atomic E-state index is -1.27. The normalized spacial score (nSPS) is 23.6. The number of aromatic nitrogens is 4. The standard InChI is InChI=1S/C33H49N5O7.C32H47N5O7/c1-32(2,3)26(29(41)38-18-20-14-11-15-21(20)25(38)31(43)45-33(4,5)6)37-28(40)24(19-12-9-8-10-13-19)36-27(39)22-16-35-23(17-34-22)30(42)44-7;1-31(2,3)25(28(40)37-17-19-13-10-14-20(19)24(37)30(43)44-32(4,5)6)36-27(39)23(18-11-8-7-9-12-18)35-26(38)21-15-34-22(16-33-21)29(41)42/h16-17,19-21,24-26H,8-15,18H2,1-7H3,(H,36,39)(H,37,40);15-16,18-20,23-25H,7-14,17H2,1-6H3,(H,35,38)(H,36,39)(H,41,42)/t20-,21-,24-,25-,26+;19-,20-,23-,24-,25+/m00/s1. The zero-order valence-electron chi connectivity index (χ0n) is 54.4. The number of hydrogen-bond acceptors (Lipinski definition) is 17. The van der Waals surface area contributed by atoms with Crippen LogP contribution in [0.5, 0.6) is 0 Å². The van der Waals surface area contributed by atoms with E-state index in [0.29, 0.717) is 13.1 Å². The zero-order valence-corrected chi connectivity index (χ0v) is 54.4. The van der Waals surface area contributed by atoms with E-state index in [1.165, 1.54) is 13.3 Å². The molecule has 0 radical (unpaired) electrons. The van der Waals surface area contributed by atoms with Gasteiger partial charge in [0.1, 0.15) is 58.8 Å². The van der Waals surface area contributed by atoms with Crippen LogP contribution in [0.1, 0.15) is 228 Å². The van der Waals surface area contributed by atoms with Crippen LogP contribution in [-0.2, 0) is 43.0 Å². The molecule has 24 nitrogen and oxygen atoms in total. The lowest BCUT2D eigenvalue weighted by Crippen LogP contribution is -2.61. The van der Waals surface area contributed by atoms with Gasteiger partial charge in [-0.05, 0) is 139 Å². The van der Waals surface area contributed by atoms with Gasteiger partial charge in [0.15, 0.2) is 11.4 Å². The van der Waals surface area contributed by atoms with E-state index in [1.54, 1.807) is 9.80 Å². The van der Waals surface area contributed by atoms with E-state index in [1.807, 2.05) is 83.1 Å². The minimum Gasteiger partial charge on any atom is -0.476 e. The molecule has 2 saturated heterocycles. The summed E-state index contributed by atoms with van der Waals surface area (Å²) in [4.78, 5) is 152. The van der Waals surface area contributed by atoms with E-state index < -0.39 is 106 Å². The number of rotatable bonds is 16. The number of aromatic carboxylic acids is 1. The van der Waals surface area contributed by atoms with E-state index in [2.05, 4.69) is 45.9 Å². The molecule has 89 heavy (non-hydrogen) atoms. The van der Waals surface area contributed by atoms with Crippen molar-refractivity contribution in [2.75, 3.05) is 20.2 Å². The summed E-state index contributed by atoms with van der Waals surface area (Å²) in [5.74, 6) is -5.46. The minimum absolute atomic E-state index is 0.0213. The van der Waals surface area contributed by atoms with Crippen LogP contribution in [0, 0.1) is 46.3 Å². The number of carboxylic acid groups (broad SMARTS) is 1. The summed E-state index contributed by atoms with van der Waals surface area (Å²) >= 11 is 0. The number of amides is 6. The maximum Gasteiger partial charge on any atom is 0.358 e. The van der Waals surface area contributed by atoms with Crippen molar-refractivity contribution in [3.05, 3.63) is 47.6 Å². The van der Waals surface area contributed by atoms with Crippen LogP contribution in [0.4, 0.5) is 0 Å². The Balaban J connectivity index is 0.000000254. The third-order valence-electron chi connectivity index (χ3n) is 18.2. The van der Waals surface area contributed by atoms with Crippen molar-refractivity contribution in [2.24, 2.45) is 46.3 Å². The molecule has 490 valence electrons. The summed E-state index contributed by atoms with van der Waals surface area (Å²) in [5, 5.41) is 20.7. The Labute approximate surface area is 523 Å². The average molecular weight is 1240 g/mol. The Hall–Kier alpha value is -7.14. The third kappa shape index (κ3) is 17.6. The molecule has 10 atom stereocenters. The number of carbonyl (C=O) groups excluding carboxylic acids is 9. The Morgan fingerprint density at radius 2 is 0.820 bits per heavy atom. The van der Waals surface area contributed by atoms with Crippen molar-refractivity contribution in [1.82, 2.24) is 51.0 Å². The SMILES string of the molecule is CC(C)(C)OC(=O)[C@@H]1[C@H]2CCC[C@H]2CN1C(=O)[C@@H](NC(=O)[C@@H](NC(=O)c1cnc(C(=O)O)cn1)C1CCCCC1)C(C)(C)C.COC(=O)c1cnc(C(=O)N[C@H](C(=O)N[C@H](C(=O)N2C[C@@H]3CCC[C@@H]3[C@H]2C(=O)OC(C)(C)C)C(C)(C)C)C2CCCCC2)cn1. The maximum atomic E-state index is 14.4. The molecule has 8 rings (SSSR count). The lowest BCUT2D eigenvalue weighted by molar-refractivity contribution is -0.166. The van der Waals surface area contributed by atoms with Crippen molar-refractivity contribution >= 4 is 59.3 Å². The molecule has 5 N–H and O–H groups in total. The van der Waals surface area contributed by atoms with Crippen LogP contribution >= 0.6 is 0 Å². The monoisotopic (exact) mass is 1240 g/mol. The van der Waals surface area contributed by atoms with Gasteiger partial charge in [-0.3, -0.25) is 28.8 Å². The van der Waals surface area contributed by atoms with Crippen molar-refractivity contribution < 1.29 is 67.3 Å². The second-order valence-corrected chi connectivity index (χ2v) is 29.3. The van der Waals surface area contributed by atoms with Crippen LogP contribution in [0.15, 0.2) is 24.8 Å². The molecular weight excluding hydrogens is 1140 g/mol. The van der Waals surface area contributed by atoms with Gasteiger partial charge in [0, 0.05) is 13.1 Å². The molecule has 4 heterocycles. The fourth-order valence-electron chi connectivity index (χ4n) is 13.9. The molecular formula is C65H96N10O14. The predicted molar refractivity (Wildman–Crippen MR) is 325 cm³/mol. The number of fused-ring (bicyclic) bond motifs is 2. The highest BCUT2D eigenvalue weighted by Gasteiger charge is 2.55. The van der Waals surface area contributed by atoms with Gasteiger partial charge < -0.3 is 50.4 Å². The first kappa shape index (κ1) is 69.3. The van der Waals surface area contributed by atoms with Crippen LogP contribution in [-0.4, -0.2) is 162 Å². The number of likely N-dealkylation sites (tertiary alicyclic amines) is 2. The smallest absolute Gasteiger partial charge is 0.358 e. The molecule has 2 aromatic heterocycles. The van der Waals surface area contributed by atoms with Gasteiger partial charge in [-0.2, -0.15) is 0 Å². The van der Waals surface area contributed by atoms with Gasteiger partial charge in [0.2, 0.25) is 23.6 Å². The van der Waals surface area contributed by atoms with Gasteiger partial charge in [0.05, 0.1) is 31.9 Å². The first-order valence-corrected chi connectivity index (χ1v) is 31.9. The predicted octanol–water partition coefficient (Wildman–Crippen LogP) is 6.79. The van der Waals surface area contributed by atoms with Gasteiger partial charge in [0.25, 0.3) is 11.8 Å². The van der Waals surface area contributed by atoms with Crippen LogP contribution < -0.4 is 21.3 Å². The number of methoxy groups -OCH3 is 1. The molecule has 0 bridgehead atoms. The summed E-state index contributed by atoms with van der Waals surface area (Å²) in [7, 11) is 1.22. The van der Waals surface area contributed by atoms with Crippen molar-refractivity contribution in [2.45, 2.75) is 233 Å². The quantitative estimate of drug-likeness (QED) is 0.0852. The zero-order chi connectivity index (χ0) is 65.5. The second-order valence-electron chi connectivity index (χ2n) is 29.3. The molecule has 24 heteroatoms. The molecule has 4 aliphatic carbocycles. The number of esters is 3. The van der Waals surface area contributed by atoms with Crippen LogP contribution in [0.3, 0.4) is 0 Å². The lowest BCUT2D eigenvalue weighted by Gasteiger charge is -2.38. The highest BCUT2D eigenvalue weighted by molar-refractivity contribution is 6.00. The molecule has 0 spiro atoms. The summed E-state index contributed by atoms with van der Waals surface area (Å²) in [6, 6.07) is -5.19. The first-order valence-electron chi connectivity index (χ1n) is 31.9. The van der Waals surface area contributed by atoms with Crippen molar-refractivity contribution in [1.29, 1.82) is 0 Å². The third-order valence-corrected chi connectivity index (χ3v) is 18.2. The van der Waals surface area contributed by atoms with E-state index in [9.17, 15) is 47.9 Å². The molecule has 0 aromatic carbocycles. The number of nitrogens with one attached hydrogen (secondary N) is 4. The number of ether oxygens (including phenoxy) is 3. The van der Waals surface area contributed by atoms with Crippen molar-refractivity contribution in [3.8, 4) is 0 Å². The Morgan fingerprint density at radius 3 is 1.13 bits per heavy atom. The number of carboxylic acids is 1. The van der Waals surface area contributed by atoms with Gasteiger partial charge in [-0.25, -0.2) is 39.1 Å². The summed E-state index contributed by atoms with van der Waals surface area (Å²) in [6.45, 7) is 23.0. The molecule has 2 aromatic rings. The summed E-state index contributed by atoms with van der Waals surface area (Å²) < 4.78 is 16.2. The molecule has 6 fully saturated rings. The van der Waals surface area contributed by atoms with E-state index in [-0.39, 0.29) is 70.1 Å². The van der Waals surface area contributed by atoms with Gasteiger partial charge in [-0.15, -0.1) is 0 Å². The molecule has 6 aliphatic rings. The fourth-order valence-corrected chi connectivity index (χ4v) is 13.9. The molecule has 6 amide bonds. The van der Waals surface area contributed by atoms with E-state index in [0.717, 1.165) is 121 Å². The highest BCUT2D eigenvalue weighted by Crippen LogP contribution is 2.45. The van der Waals surface area contributed by atoms with Crippen molar-refractivity contribution in [3.63, 3.8) is 0 Å². The second kappa shape index (κ2) is 28.8. The lowest BCUT2D eigenvalue weighted by atomic mass is 9.82. The molecule has 2 aliphatic heterocycles. The number of carbonyl (C=O) groups is 10. The fraction of sp³-hybridized carbons (Fsp3) is 0.723. The summed E-state index contributed by atoms with van der Waals surface area (Å²) in [6.07, 6.45) is 18.7. The highest BCUT2D eigenvalue weighted by atomic mass is 16.6. The van der Waals surface area contributed by atoms with Gasteiger partial charge >= 0.3 is 23.9 Å². The van der Waals surface area contributed by atoms with E-state index >= 15 is 0 Å². The number of hydrogen-bond donors (Lipinski definition) is 5.